The Bertz CT molecular complexity index is 750. The Balaban J connectivity index is 2.22. The molecule has 30 heavy (non-hydrogen) atoms. The Kier molecular flexibility index (Phi) is 8.55. The first-order valence-electron chi connectivity index (χ1n) is 10.1. The number of alkyl halides is 3. The fraction of sp³-hybridized carbons (Fsp3) is 0.619. The molecule has 0 unspecified atom stereocenters. The third-order valence-corrected chi connectivity index (χ3v) is 6.12. The van der Waals surface area contributed by atoms with Gasteiger partial charge in [-0.2, -0.15) is 13.2 Å². The van der Waals surface area contributed by atoms with Crippen LogP contribution >= 0.6 is 11.6 Å². The Morgan fingerprint density at radius 2 is 1.93 bits per heavy atom. The zero-order valence-corrected chi connectivity index (χ0v) is 17.9. The molecular formula is C21H28ClF3N2O3. The Labute approximate surface area is 179 Å². The molecule has 0 aliphatic carbocycles. The molecule has 0 aromatic heterocycles. The van der Waals surface area contributed by atoms with Crippen molar-refractivity contribution in [3.8, 4) is 0 Å². The lowest BCUT2D eigenvalue weighted by Gasteiger charge is -2.39. The van der Waals surface area contributed by atoms with Crippen LogP contribution in [0, 0.1) is 11.8 Å². The second-order valence-electron chi connectivity index (χ2n) is 7.86. The number of carbonyl (C=O) groups is 2. The van der Waals surface area contributed by atoms with Crippen LogP contribution in [0.1, 0.15) is 45.1 Å². The molecule has 5 nitrogen and oxygen atoms in total. The predicted molar refractivity (Wildman–Crippen MR) is 110 cm³/mol. The summed E-state index contributed by atoms with van der Waals surface area (Å²) in [4.78, 5) is 25.4. The molecule has 0 spiro atoms. The van der Waals surface area contributed by atoms with Crippen LogP contribution in [0.3, 0.4) is 0 Å². The van der Waals surface area contributed by atoms with Gasteiger partial charge in [-0.1, -0.05) is 37.9 Å². The van der Waals surface area contributed by atoms with E-state index in [1.54, 1.807) is 11.0 Å². The summed E-state index contributed by atoms with van der Waals surface area (Å²) in [5.74, 6) is -3.10. The molecule has 0 radical (unpaired) electrons. The van der Waals surface area contributed by atoms with Crippen molar-refractivity contribution in [3.63, 3.8) is 0 Å². The number of benzene rings is 1. The number of likely N-dealkylation sites (tertiary alicyclic amines) is 1. The number of aryl methyl sites for hydroxylation is 1. The lowest BCUT2D eigenvalue weighted by Crippen LogP contribution is -2.54. The van der Waals surface area contributed by atoms with E-state index in [0.29, 0.717) is 24.6 Å². The molecule has 9 heteroatoms. The number of piperidine rings is 1. The number of nitrogens with one attached hydrogen (secondary N) is 1. The van der Waals surface area contributed by atoms with E-state index < -0.39 is 30.0 Å². The standard InChI is InChI=1S/C21H28ClF3N2O3/c1-3-14-8-10-27(11-9-14)19(13(2)21(23,24)25)20(30)26-17-12-15(4-6-16(17)22)5-7-18(28)29/h4,6,12-14,19H,3,5,7-11H2,1-2H3,(H,26,30)(H,28,29)/t13-,19-/m0/s1. The lowest BCUT2D eigenvalue weighted by atomic mass is 9.90. The zero-order valence-electron chi connectivity index (χ0n) is 17.1. The summed E-state index contributed by atoms with van der Waals surface area (Å²) in [7, 11) is 0. The first kappa shape index (κ1) is 24.5. The molecule has 2 atom stereocenters. The van der Waals surface area contributed by atoms with Crippen LogP contribution in [-0.4, -0.2) is 47.2 Å². The molecule has 1 heterocycles. The van der Waals surface area contributed by atoms with Gasteiger partial charge in [-0.25, -0.2) is 0 Å². The number of carboxylic acids is 1. The molecule has 168 valence electrons. The number of anilines is 1. The van der Waals surface area contributed by atoms with E-state index in [4.69, 9.17) is 16.7 Å². The van der Waals surface area contributed by atoms with Gasteiger partial charge in [-0.05, 0) is 56.0 Å². The van der Waals surface area contributed by atoms with E-state index in [9.17, 15) is 22.8 Å². The third kappa shape index (κ3) is 6.60. The minimum absolute atomic E-state index is 0.102. The van der Waals surface area contributed by atoms with Crippen molar-refractivity contribution in [2.24, 2.45) is 11.8 Å². The topological polar surface area (TPSA) is 69.6 Å². The van der Waals surface area contributed by atoms with Gasteiger partial charge in [-0.3, -0.25) is 14.5 Å². The maximum Gasteiger partial charge on any atom is 0.393 e. The summed E-state index contributed by atoms with van der Waals surface area (Å²) >= 11 is 6.13. The van der Waals surface area contributed by atoms with E-state index in [-0.39, 0.29) is 23.6 Å². The van der Waals surface area contributed by atoms with Gasteiger partial charge >= 0.3 is 12.1 Å². The third-order valence-electron chi connectivity index (χ3n) is 5.79. The number of carbonyl (C=O) groups excluding carboxylic acids is 1. The number of hydrogen-bond donors (Lipinski definition) is 2. The van der Waals surface area contributed by atoms with E-state index in [2.05, 4.69) is 12.2 Å². The SMILES string of the molecule is CCC1CCN([C@H](C(=O)Nc2cc(CCC(=O)O)ccc2Cl)[C@H](C)C(F)(F)F)CC1. The van der Waals surface area contributed by atoms with Crippen LogP contribution in [0.5, 0.6) is 0 Å². The highest BCUT2D eigenvalue weighted by molar-refractivity contribution is 6.33. The Morgan fingerprint density at radius 3 is 2.47 bits per heavy atom. The maximum atomic E-state index is 13.5. The van der Waals surface area contributed by atoms with Gasteiger partial charge in [0.25, 0.3) is 0 Å². The van der Waals surface area contributed by atoms with E-state index in [1.165, 1.54) is 12.1 Å². The average molecular weight is 449 g/mol. The zero-order chi connectivity index (χ0) is 22.5. The highest BCUT2D eigenvalue weighted by Crippen LogP contribution is 2.34. The van der Waals surface area contributed by atoms with Crippen LogP contribution in [0.4, 0.5) is 18.9 Å². The van der Waals surface area contributed by atoms with Gasteiger partial charge in [-0.15, -0.1) is 0 Å². The molecule has 1 aliphatic heterocycles. The second-order valence-corrected chi connectivity index (χ2v) is 8.27. The monoisotopic (exact) mass is 448 g/mol. The largest absolute Gasteiger partial charge is 0.481 e. The highest BCUT2D eigenvalue weighted by Gasteiger charge is 2.47. The van der Waals surface area contributed by atoms with E-state index >= 15 is 0 Å². The molecule has 2 N–H and O–H groups in total. The van der Waals surface area contributed by atoms with Gasteiger partial charge < -0.3 is 10.4 Å². The van der Waals surface area contributed by atoms with Gasteiger partial charge in [0.1, 0.15) is 6.04 Å². The molecule has 1 fully saturated rings. The first-order valence-corrected chi connectivity index (χ1v) is 10.5. The Morgan fingerprint density at radius 1 is 1.30 bits per heavy atom. The van der Waals surface area contributed by atoms with E-state index in [1.807, 2.05) is 0 Å². The summed E-state index contributed by atoms with van der Waals surface area (Å²) in [5, 5.41) is 11.6. The molecule has 0 bridgehead atoms. The number of nitrogens with zero attached hydrogens (tertiary/aromatic N) is 1. The van der Waals surface area contributed by atoms with Crippen LogP contribution in [0.2, 0.25) is 5.02 Å². The predicted octanol–water partition coefficient (Wildman–Crippen LogP) is 4.98. The van der Waals surface area contributed by atoms with Crippen molar-refractivity contribution in [2.75, 3.05) is 18.4 Å². The van der Waals surface area contributed by atoms with Gasteiger partial charge in [0.15, 0.2) is 0 Å². The first-order chi connectivity index (χ1) is 14.0. The van der Waals surface area contributed by atoms with E-state index in [0.717, 1.165) is 26.2 Å². The minimum Gasteiger partial charge on any atom is -0.481 e. The van der Waals surface area contributed by atoms with Crippen molar-refractivity contribution in [1.29, 1.82) is 0 Å². The number of rotatable bonds is 8. The summed E-state index contributed by atoms with van der Waals surface area (Å²) in [6.45, 7) is 3.95. The van der Waals surface area contributed by atoms with Crippen LogP contribution in [0.25, 0.3) is 0 Å². The molecular weight excluding hydrogens is 421 g/mol. The average Bonchev–Trinajstić information content (AvgIpc) is 2.68. The summed E-state index contributed by atoms with van der Waals surface area (Å²) in [6, 6.07) is 3.29. The van der Waals surface area contributed by atoms with Gasteiger partial charge in [0.2, 0.25) is 5.91 Å². The fourth-order valence-electron chi connectivity index (χ4n) is 3.81. The normalized spacial score (nSPS) is 18.1. The highest BCUT2D eigenvalue weighted by atomic mass is 35.5. The summed E-state index contributed by atoms with van der Waals surface area (Å²) in [6.07, 6.45) is -1.90. The van der Waals surface area contributed by atoms with Gasteiger partial charge in [0, 0.05) is 6.42 Å². The van der Waals surface area contributed by atoms with Crippen molar-refractivity contribution >= 4 is 29.2 Å². The van der Waals surface area contributed by atoms with Crippen LogP contribution < -0.4 is 5.32 Å². The van der Waals surface area contributed by atoms with Crippen LogP contribution in [0.15, 0.2) is 18.2 Å². The number of halogens is 4. The number of hydrogen-bond acceptors (Lipinski definition) is 3. The van der Waals surface area contributed by atoms with Crippen molar-refractivity contribution < 1.29 is 27.9 Å². The quantitative estimate of drug-likeness (QED) is 0.588. The minimum atomic E-state index is -4.52. The second kappa shape index (κ2) is 10.5. The molecule has 1 aromatic rings. The Hall–Kier alpha value is -1.80. The lowest BCUT2D eigenvalue weighted by molar-refractivity contribution is -0.189. The van der Waals surface area contributed by atoms with Crippen LogP contribution in [-0.2, 0) is 16.0 Å². The molecule has 1 saturated heterocycles. The number of amides is 1. The summed E-state index contributed by atoms with van der Waals surface area (Å²) in [5.41, 5.74) is 0.814. The molecule has 1 aliphatic rings. The number of carboxylic acid groups (broad SMARTS) is 1. The maximum absolute atomic E-state index is 13.5. The molecule has 1 aromatic carbocycles. The van der Waals surface area contributed by atoms with Crippen molar-refractivity contribution in [3.05, 3.63) is 28.8 Å². The van der Waals surface area contributed by atoms with Gasteiger partial charge in [0.05, 0.1) is 16.6 Å². The molecule has 1 amide bonds. The molecule has 0 saturated carbocycles. The summed E-state index contributed by atoms with van der Waals surface area (Å²) < 4.78 is 40.6. The molecule has 2 rings (SSSR count). The smallest absolute Gasteiger partial charge is 0.393 e. The van der Waals surface area contributed by atoms with Crippen molar-refractivity contribution in [1.82, 2.24) is 4.90 Å². The number of aliphatic carboxylic acids is 1. The fourth-order valence-corrected chi connectivity index (χ4v) is 3.97. The van der Waals surface area contributed by atoms with Crippen molar-refractivity contribution in [2.45, 2.75) is 58.2 Å².